The summed E-state index contributed by atoms with van der Waals surface area (Å²) in [6.07, 6.45) is 1.88. The van der Waals surface area contributed by atoms with E-state index in [-0.39, 0.29) is 11.4 Å². The zero-order valence-electron chi connectivity index (χ0n) is 10.7. The maximum absolute atomic E-state index is 13.2. The van der Waals surface area contributed by atoms with Gasteiger partial charge in [0.05, 0.1) is 22.4 Å². The van der Waals surface area contributed by atoms with Gasteiger partial charge in [-0.25, -0.2) is 9.07 Å². The van der Waals surface area contributed by atoms with Crippen LogP contribution in [0.5, 0.6) is 0 Å². The van der Waals surface area contributed by atoms with Crippen LogP contribution in [-0.2, 0) is 13.0 Å². The Hall–Kier alpha value is -1.69. The second-order valence-corrected chi connectivity index (χ2v) is 5.63. The summed E-state index contributed by atoms with van der Waals surface area (Å²) in [6, 6.07) is 6.29. The molecule has 1 N–H and O–H groups in total. The highest BCUT2D eigenvalue weighted by Gasteiger charge is 2.13. The molecule has 1 aliphatic rings. The zero-order chi connectivity index (χ0) is 14.1. The Morgan fingerprint density at radius 3 is 3.05 bits per heavy atom. The first-order valence-corrected chi connectivity index (χ1v) is 7.21. The molecule has 3 rings (SSSR count). The van der Waals surface area contributed by atoms with E-state index in [1.54, 1.807) is 18.2 Å². The first kappa shape index (κ1) is 13.3. The minimum absolute atomic E-state index is 0.154. The van der Waals surface area contributed by atoms with E-state index < -0.39 is 0 Å². The first-order valence-electron chi connectivity index (χ1n) is 6.42. The maximum Gasteiger partial charge on any atom is 0.269 e. The minimum Gasteiger partial charge on any atom is -0.383 e. The fraction of sp³-hybridized carbons (Fsp3) is 0.286. The molecule has 2 heterocycles. The quantitative estimate of drug-likeness (QED) is 0.916. The van der Waals surface area contributed by atoms with Crippen LogP contribution in [0.2, 0.25) is 0 Å². The van der Waals surface area contributed by atoms with Gasteiger partial charge >= 0.3 is 0 Å². The Morgan fingerprint density at radius 2 is 2.25 bits per heavy atom. The van der Waals surface area contributed by atoms with E-state index >= 15 is 0 Å². The van der Waals surface area contributed by atoms with Crippen molar-refractivity contribution in [2.75, 3.05) is 11.9 Å². The number of aromatic nitrogens is 2. The standard InChI is InChI=1S/C14H13BrFN3O/c15-10-6-9(3-4-11(10)16)8-19-14(20)7-13-12(18-19)2-1-5-17-13/h3-4,6-7,17H,1-2,5,8H2. The van der Waals surface area contributed by atoms with Gasteiger partial charge in [-0.2, -0.15) is 5.10 Å². The molecule has 0 bridgehead atoms. The highest BCUT2D eigenvalue weighted by Crippen LogP contribution is 2.19. The van der Waals surface area contributed by atoms with Gasteiger partial charge < -0.3 is 5.32 Å². The molecule has 0 atom stereocenters. The summed E-state index contributed by atoms with van der Waals surface area (Å²) in [4.78, 5) is 12.0. The van der Waals surface area contributed by atoms with Gasteiger partial charge in [0, 0.05) is 12.6 Å². The molecule has 0 fully saturated rings. The highest BCUT2D eigenvalue weighted by atomic mass is 79.9. The first-order chi connectivity index (χ1) is 9.63. The van der Waals surface area contributed by atoms with E-state index in [1.807, 2.05) is 0 Å². The Bertz CT molecular complexity index is 714. The Labute approximate surface area is 123 Å². The fourth-order valence-corrected chi connectivity index (χ4v) is 2.70. The molecule has 0 unspecified atom stereocenters. The van der Waals surface area contributed by atoms with E-state index in [9.17, 15) is 9.18 Å². The van der Waals surface area contributed by atoms with Crippen LogP contribution in [0, 0.1) is 5.82 Å². The molecule has 0 spiro atoms. The number of rotatable bonds is 2. The number of nitrogens with zero attached hydrogens (tertiary/aromatic N) is 2. The SMILES string of the molecule is O=c1cc2c(nn1Cc1ccc(F)c(Br)c1)CCCN2. The number of anilines is 1. The molecular formula is C14H13BrFN3O. The summed E-state index contributed by atoms with van der Waals surface area (Å²) in [7, 11) is 0. The third kappa shape index (κ3) is 2.60. The number of hydrogen-bond acceptors (Lipinski definition) is 3. The summed E-state index contributed by atoms with van der Waals surface area (Å²) in [5, 5.41) is 7.57. The smallest absolute Gasteiger partial charge is 0.269 e. The van der Waals surface area contributed by atoms with Crippen molar-refractivity contribution in [2.45, 2.75) is 19.4 Å². The van der Waals surface area contributed by atoms with E-state index in [0.717, 1.165) is 36.3 Å². The van der Waals surface area contributed by atoms with Crippen molar-refractivity contribution in [3.63, 3.8) is 0 Å². The van der Waals surface area contributed by atoms with Crippen molar-refractivity contribution in [1.82, 2.24) is 9.78 Å². The van der Waals surface area contributed by atoms with E-state index in [0.29, 0.717) is 11.0 Å². The summed E-state index contributed by atoms with van der Waals surface area (Å²) in [6.45, 7) is 1.22. The van der Waals surface area contributed by atoms with Crippen LogP contribution < -0.4 is 10.9 Å². The third-order valence-corrected chi connectivity index (χ3v) is 3.90. The molecule has 2 aromatic rings. The summed E-state index contributed by atoms with van der Waals surface area (Å²) in [5.74, 6) is -0.316. The molecule has 6 heteroatoms. The largest absolute Gasteiger partial charge is 0.383 e. The van der Waals surface area contributed by atoms with Gasteiger partial charge in [-0.1, -0.05) is 6.07 Å². The summed E-state index contributed by atoms with van der Waals surface area (Å²) in [5.41, 5.74) is 2.42. The number of fused-ring (bicyclic) bond motifs is 1. The number of halogens is 2. The van der Waals surface area contributed by atoms with Gasteiger partial charge in [-0.05, 0) is 46.5 Å². The van der Waals surface area contributed by atoms with Crippen molar-refractivity contribution in [3.05, 3.63) is 56.2 Å². The normalized spacial score (nSPS) is 13.7. The molecule has 0 saturated carbocycles. The van der Waals surface area contributed by atoms with Gasteiger partial charge in [0.1, 0.15) is 5.82 Å². The van der Waals surface area contributed by atoms with Gasteiger partial charge in [0.25, 0.3) is 5.56 Å². The second kappa shape index (κ2) is 5.36. The van der Waals surface area contributed by atoms with Crippen molar-refractivity contribution in [3.8, 4) is 0 Å². The van der Waals surface area contributed by atoms with Crippen molar-refractivity contribution < 1.29 is 4.39 Å². The third-order valence-electron chi connectivity index (χ3n) is 3.30. The van der Waals surface area contributed by atoms with Gasteiger partial charge in [0.2, 0.25) is 0 Å². The van der Waals surface area contributed by atoms with Crippen LogP contribution in [0.1, 0.15) is 17.7 Å². The fourth-order valence-electron chi connectivity index (χ4n) is 2.27. The lowest BCUT2D eigenvalue weighted by Crippen LogP contribution is -2.27. The maximum atomic E-state index is 13.2. The molecule has 20 heavy (non-hydrogen) atoms. The van der Waals surface area contributed by atoms with Crippen molar-refractivity contribution >= 4 is 21.6 Å². The zero-order valence-corrected chi connectivity index (χ0v) is 12.3. The summed E-state index contributed by atoms with van der Waals surface area (Å²) >= 11 is 3.15. The molecular weight excluding hydrogens is 325 g/mol. The molecule has 0 amide bonds. The molecule has 0 saturated heterocycles. The highest BCUT2D eigenvalue weighted by molar-refractivity contribution is 9.10. The molecule has 104 valence electrons. The van der Waals surface area contributed by atoms with Crippen LogP contribution in [-0.4, -0.2) is 16.3 Å². The molecule has 1 aliphatic heterocycles. The Kier molecular flexibility index (Phi) is 3.56. The average Bonchev–Trinajstić information content (AvgIpc) is 2.44. The van der Waals surface area contributed by atoms with E-state index in [1.165, 1.54) is 10.7 Å². The minimum atomic E-state index is -0.316. The lowest BCUT2D eigenvalue weighted by molar-refractivity contribution is 0.600. The van der Waals surface area contributed by atoms with Crippen molar-refractivity contribution in [2.24, 2.45) is 0 Å². The number of benzene rings is 1. The number of hydrogen-bond donors (Lipinski definition) is 1. The molecule has 0 radical (unpaired) electrons. The van der Waals surface area contributed by atoms with Crippen LogP contribution in [0.15, 0.2) is 33.5 Å². The van der Waals surface area contributed by atoms with E-state index in [4.69, 9.17) is 0 Å². The van der Waals surface area contributed by atoms with Crippen LogP contribution in [0.4, 0.5) is 10.1 Å². The lowest BCUT2D eigenvalue weighted by Gasteiger charge is -2.17. The van der Waals surface area contributed by atoms with Crippen LogP contribution >= 0.6 is 15.9 Å². The lowest BCUT2D eigenvalue weighted by atomic mass is 10.1. The molecule has 1 aromatic heterocycles. The monoisotopic (exact) mass is 337 g/mol. The van der Waals surface area contributed by atoms with Gasteiger partial charge in [-0.15, -0.1) is 0 Å². The molecule has 1 aromatic carbocycles. The topological polar surface area (TPSA) is 46.9 Å². The summed E-state index contributed by atoms with van der Waals surface area (Å²) < 4.78 is 15.0. The number of aryl methyl sites for hydroxylation is 1. The second-order valence-electron chi connectivity index (χ2n) is 4.78. The number of nitrogens with one attached hydrogen (secondary N) is 1. The predicted octanol–water partition coefficient (Wildman–Crippen LogP) is 2.55. The predicted molar refractivity (Wildman–Crippen MR) is 78.5 cm³/mol. The van der Waals surface area contributed by atoms with Gasteiger partial charge in [0.15, 0.2) is 0 Å². The average molecular weight is 338 g/mol. The van der Waals surface area contributed by atoms with Crippen LogP contribution in [0.25, 0.3) is 0 Å². The van der Waals surface area contributed by atoms with E-state index in [2.05, 4.69) is 26.3 Å². The molecule has 4 nitrogen and oxygen atoms in total. The molecule has 0 aliphatic carbocycles. The van der Waals surface area contributed by atoms with Crippen molar-refractivity contribution in [1.29, 1.82) is 0 Å². The Balaban J connectivity index is 1.94. The van der Waals surface area contributed by atoms with Crippen LogP contribution in [0.3, 0.4) is 0 Å². The Morgan fingerprint density at radius 1 is 1.40 bits per heavy atom. The van der Waals surface area contributed by atoms with Gasteiger partial charge in [-0.3, -0.25) is 4.79 Å².